The van der Waals surface area contributed by atoms with Crippen LogP contribution in [0, 0.1) is 0 Å². The van der Waals surface area contributed by atoms with Crippen LogP contribution in [0.15, 0.2) is 24.3 Å². The molecule has 3 heteroatoms. The van der Waals surface area contributed by atoms with Gasteiger partial charge in [0, 0.05) is 12.6 Å². The lowest BCUT2D eigenvalue weighted by Crippen LogP contribution is -2.66. The van der Waals surface area contributed by atoms with Gasteiger partial charge < -0.3 is 5.32 Å². The maximum Gasteiger partial charge on any atom is 0.243 e. The monoisotopic (exact) mass is 222 g/mol. The highest BCUT2D eigenvalue weighted by molar-refractivity contribution is 5.87. The van der Waals surface area contributed by atoms with E-state index in [1.807, 2.05) is 0 Å². The van der Waals surface area contributed by atoms with Gasteiger partial charge in [-0.05, 0) is 32.9 Å². The SMILES string of the molecule is C=CC(=O)NC1CN(CC)C1CC=C(C)C. The molecule has 2 unspecified atom stereocenters. The number of hydrogen-bond donors (Lipinski definition) is 1. The minimum atomic E-state index is -0.0667. The average Bonchev–Trinajstić information content (AvgIpc) is 2.22. The molecule has 0 saturated carbocycles. The molecule has 0 spiro atoms. The molecule has 1 aliphatic rings. The Morgan fingerprint density at radius 3 is 2.75 bits per heavy atom. The van der Waals surface area contributed by atoms with Crippen molar-refractivity contribution in [3.05, 3.63) is 24.3 Å². The highest BCUT2D eigenvalue weighted by Crippen LogP contribution is 2.21. The summed E-state index contributed by atoms with van der Waals surface area (Å²) in [5, 5.41) is 2.98. The molecule has 0 radical (unpaired) electrons. The lowest BCUT2D eigenvalue weighted by molar-refractivity contribution is -0.119. The van der Waals surface area contributed by atoms with Crippen molar-refractivity contribution in [3.8, 4) is 0 Å². The third-order valence-electron chi connectivity index (χ3n) is 3.05. The van der Waals surface area contributed by atoms with E-state index in [1.54, 1.807) is 0 Å². The van der Waals surface area contributed by atoms with Crippen LogP contribution in [0.25, 0.3) is 0 Å². The summed E-state index contributed by atoms with van der Waals surface area (Å²) in [6.45, 7) is 11.8. The lowest BCUT2D eigenvalue weighted by Gasteiger charge is -2.47. The molecule has 3 nitrogen and oxygen atoms in total. The molecular formula is C13H22N2O. The summed E-state index contributed by atoms with van der Waals surface area (Å²) in [4.78, 5) is 13.6. The van der Waals surface area contributed by atoms with Gasteiger partial charge in [0.25, 0.3) is 0 Å². The van der Waals surface area contributed by atoms with Gasteiger partial charge in [0.1, 0.15) is 0 Å². The molecule has 1 rings (SSSR count). The second kappa shape index (κ2) is 5.85. The Hall–Kier alpha value is -1.09. The number of nitrogens with zero attached hydrogens (tertiary/aromatic N) is 1. The van der Waals surface area contributed by atoms with Crippen LogP contribution in [0.4, 0.5) is 0 Å². The summed E-state index contributed by atoms with van der Waals surface area (Å²) in [5.74, 6) is -0.0667. The number of allylic oxidation sites excluding steroid dienone is 1. The Kier molecular flexibility index (Phi) is 4.74. The number of likely N-dealkylation sites (N-methyl/N-ethyl adjacent to an activating group) is 1. The van der Waals surface area contributed by atoms with E-state index in [0.717, 1.165) is 19.5 Å². The molecule has 2 atom stereocenters. The van der Waals surface area contributed by atoms with Gasteiger partial charge in [0.05, 0.1) is 6.04 Å². The van der Waals surface area contributed by atoms with Crippen molar-refractivity contribution in [3.63, 3.8) is 0 Å². The quantitative estimate of drug-likeness (QED) is 0.567. The zero-order valence-corrected chi connectivity index (χ0v) is 10.5. The minimum Gasteiger partial charge on any atom is -0.347 e. The van der Waals surface area contributed by atoms with Gasteiger partial charge in [-0.3, -0.25) is 9.69 Å². The topological polar surface area (TPSA) is 32.3 Å². The van der Waals surface area contributed by atoms with Crippen LogP contribution in [-0.4, -0.2) is 36.0 Å². The van der Waals surface area contributed by atoms with E-state index in [2.05, 4.69) is 43.6 Å². The Morgan fingerprint density at radius 2 is 2.25 bits per heavy atom. The lowest BCUT2D eigenvalue weighted by atomic mass is 9.92. The zero-order chi connectivity index (χ0) is 12.1. The second-order valence-corrected chi connectivity index (χ2v) is 4.49. The first-order valence-electron chi connectivity index (χ1n) is 5.88. The molecule has 1 fully saturated rings. The molecule has 0 aliphatic carbocycles. The smallest absolute Gasteiger partial charge is 0.243 e. The van der Waals surface area contributed by atoms with Crippen molar-refractivity contribution in [2.45, 2.75) is 39.3 Å². The molecule has 0 aromatic carbocycles. The predicted molar refractivity (Wildman–Crippen MR) is 67.2 cm³/mol. The number of carbonyl (C=O) groups is 1. The van der Waals surface area contributed by atoms with Crippen LogP contribution >= 0.6 is 0 Å². The van der Waals surface area contributed by atoms with Gasteiger partial charge in [0.15, 0.2) is 0 Å². The summed E-state index contributed by atoms with van der Waals surface area (Å²) in [5.41, 5.74) is 1.33. The second-order valence-electron chi connectivity index (χ2n) is 4.49. The maximum absolute atomic E-state index is 11.2. The molecule has 1 saturated heterocycles. The molecule has 16 heavy (non-hydrogen) atoms. The van der Waals surface area contributed by atoms with Gasteiger partial charge >= 0.3 is 0 Å². The van der Waals surface area contributed by atoms with E-state index in [-0.39, 0.29) is 11.9 Å². The zero-order valence-electron chi connectivity index (χ0n) is 10.5. The van der Waals surface area contributed by atoms with Gasteiger partial charge in [-0.15, -0.1) is 0 Å². The highest BCUT2D eigenvalue weighted by Gasteiger charge is 2.37. The molecule has 1 N–H and O–H groups in total. The molecule has 1 amide bonds. The fourth-order valence-corrected chi connectivity index (χ4v) is 2.04. The standard InChI is InChI=1S/C13H22N2O/c1-5-13(16)14-11-9-15(6-2)12(11)8-7-10(3)4/h5,7,11-12H,1,6,8-9H2,2-4H3,(H,14,16). The predicted octanol–water partition coefficient (Wildman–Crippen LogP) is 1.72. The number of likely N-dealkylation sites (tertiary alicyclic amines) is 1. The number of nitrogens with one attached hydrogen (secondary N) is 1. The number of rotatable bonds is 5. The Bertz CT molecular complexity index is 292. The summed E-state index contributed by atoms with van der Waals surface area (Å²) in [6, 6.07) is 0.727. The molecule has 90 valence electrons. The van der Waals surface area contributed by atoms with Crippen molar-refractivity contribution >= 4 is 5.91 Å². The van der Waals surface area contributed by atoms with Crippen LogP contribution < -0.4 is 5.32 Å². The third kappa shape index (κ3) is 3.20. The highest BCUT2D eigenvalue weighted by atomic mass is 16.1. The largest absolute Gasteiger partial charge is 0.347 e. The van der Waals surface area contributed by atoms with Crippen molar-refractivity contribution in [1.82, 2.24) is 10.2 Å². The first-order valence-corrected chi connectivity index (χ1v) is 5.88. The van der Waals surface area contributed by atoms with Crippen LogP contribution in [0.2, 0.25) is 0 Å². The van der Waals surface area contributed by atoms with Crippen LogP contribution in [-0.2, 0) is 4.79 Å². The molecule has 0 bridgehead atoms. The Balaban J connectivity index is 2.50. The number of carbonyl (C=O) groups excluding carboxylic acids is 1. The van der Waals surface area contributed by atoms with Crippen LogP contribution in [0.3, 0.4) is 0 Å². The van der Waals surface area contributed by atoms with E-state index in [4.69, 9.17) is 0 Å². The average molecular weight is 222 g/mol. The van der Waals surface area contributed by atoms with Crippen molar-refractivity contribution in [2.24, 2.45) is 0 Å². The van der Waals surface area contributed by atoms with Gasteiger partial charge in [-0.25, -0.2) is 0 Å². The van der Waals surface area contributed by atoms with Crippen molar-refractivity contribution < 1.29 is 4.79 Å². The van der Waals surface area contributed by atoms with Gasteiger partial charge in [-0.2, -0.15) is 0 Å². The number of amides is 1. The summed E-state index contributed by atoms with van der Waals surface area (Å²) in [6.07, 6.45) is 4.59. The van der Waals surface area contributed by atoms with E-state index in [9.17, 15) is 4.79 Å². The number of hydrogen-bond acceptors (Lipinski definition) is 2. The van der Waals surface area contributed by atoms with Gasteiger partial charge in [-0.1, -0.05) is 25.2 Å². The Morgan fingerprint density at radius 1 is 1.56 bits per heavy atom. The molecule has 1 heterocycles. The minimum absolute atomic E-state index is 0.0667. The third-order valence-corrected chi connectivity index (χ3v) is 3.05. The molecule has 0 aromatic rings. The molecular weight excluding hydrogens is 200 g/mol. The molecule has 1 aliphatic heterocycles. The van der Waals surface area contributed by atoms with E-state index < -0.39 is 0 Å². The first kappa shape index (κ1) is 13.0. The summed E-state index contributed by atoms with van der Waals surface area (Å²) >= 11 is 0. The van der Waals surface area contributed by atoms with Gasteiger partial charge in [0.2, 0.25) is 5.91 Å². The molecule has 0 aromatic heterocycles. The van der Waals surface area contributed by atoms with Crippen molar-refractivity contribution in [1.29, 1.82) is 0 Å². The first-order chi connectivity index (χ1) is 7.58. The van der Waals surface area contributed by atoms with E-state index in [1.165, 1.54) is 11.6 Å². The fourth-order valence-electron chi connectivity index (χ4n) is 2.04. The summed E-state index contributed by atoms with van der Waals surface area (Å²) in [7, 11) is 0. The fraction of sp³-hybridized carbons (Fsp3) is 0.615. The van der Waals surface area contributed by atoms with Crippen molar-refractivity contribution in [2.75, 3.05) is 13.1 Å². The normalized spacial score (nSPS) is 24.4. The Labute approximate surface area is 98.2 Å². The van der Waals surface area contributed by atoms with E-state index in [0.29, 0.717) is 6.04 Å². The van der Waals surface area contributed by atoms with Crippen LogP contribution in [0.1, 0.15) is 27.2 Å². The summed E-state index contributed by atoms with van der Waals surface area (Å²) < 4.78 is 0. The van der Waals surface area contributed by atoms with Crippen LogP contribution in [0.5, 0.6) is 0 Å². The van der Waals surface area contributed by atoms with E-state index >= 15 is 0 Å². The maximum atomic E-state index is 11.2.